The van der Waals surface area contributed by atoms with Crippen molar-refractivity contribution >= 4 is 80.2 Å². The summed E-state index contributed by atoms with van der Waals surface area (Å²) in [5, 5.41) is 32.0. The summed E-state index contributed by atoms with van der Waals surface area (Å²) in [5.74, 6) is -2.70. The molecule has 55 heavy (non-hydrogen) atoms. The molecule has 0 amide bonds. The second-order valence-corrected chi connectivity index (χ2v) is 16.6. The van der Waals surface area contributed by atoms with Crippen molar-refractivity contribution in [3.63, 3.8) is 0 Å². The van der Waals surface area contributed by atoms with Gasteiger partial charge in [-0.3, -0.25) is 0 Å². The molecule has 0 saturated heterocycles. The van der Waals surface area contributed by atoms with E-state index in [0.717, 1.165) is 57.8 Å². The molecule has 0 aromatic heterocycles. The van der Waals surface area contributed by atoms with E-state index in [9.17, 15) is 29.7 Å². The Hall–Kier alpha value is 0.278. The zero-order valence-electron chi connectivity index (χ0n) is 35.9. The number of rotatable bonds is 39. The minimum Gasteiger partial charge on any atom is -0.550 e. The van der Waals surface area contributed by atoms with Crippen LogP contribution in [0.5, 0.6) is 0 Å². The number of unbranched alkanes of at least 4 members (excludes halogenated alkanes) is 27. The Labute approximate surface area is 375 Å². The molecule has 0 spiro atoms. The van der Waals surface area contributed by atoms with Crippen molar-refractivity contribution in [1.29, 1.82) is 0 Å². The third-order valence-electron chi connectivity index (χ3n) is 10.4. The average Bonchev–Trinajstić information content (AvgIpc) is 3.15. The van der Waals surface area contributed by atoms with E-state index in [-0.39, 0.29) is 42.2 Å². The van der Waals surface area contributed by atoms with Crippen molar-refractivity contribution in [2.75, 3.05) is 17.3 Å². The molecular weight excluding hydrogens is 854 g/mol. The maximum atomic E-state index is 10.7. The van der Waals surface area contributed by atoms with Gasteiger partial charge in [0.2, 0.25) is 0 Å². The van der Waals surface area contributed by atoms with Crippen LogP contribution in [0.1, 0.15) is 233 Å². The van der Waals surface area contributed by atoms with Gasteiger partial charge in [0.05, 0.1) is 0 Å². The minimum atomic E-state index is -0.944. The molecule has 0 heterocycles. The number of thiol groups is 3. The standard InChI is InChI=1S/3C15H30O2S.Sb/c3*1-2-3-4-5-6-7-8-9-10-11-12-14(13-18)15(16)17;/h3*14,18H,2-13H2,1H3,(H,16,17);/q;;;+3/p-3. The first-order valence-electron chi connectivity index (χ1n) is 22.6. The average molecular weight is 942 g/mol. The van der Waals surface area contributed by atoms with Crippen LogP contribution in [-0.2, 0) is 14.4 Å². The minimum absolute atomic E-state index is 0. The second-order valence-electron chi connectivity index (χ2n) is 15.5. The first-order chi connectivity index (χ1) is 26.2. The van der Waals surface area contributed by atoms with E-state index in [0.29, 0.717) is 17.3 Å². The molecule has 3 unspecified atom stereocenters. The van der Waals surface area contributed by atoms with Gasteiger partial charge in [-0.05, 0) is 36.5 Å². The van der Waals surface area contributed by atoms with Gasteiger partial charge in [-0.15, -0.1) is 0 Å². The van der Waals surface area contributed by atoms with Crippen molar-refractivity contribution in [3.8, 4) is 0 Å². The molecule has 2 radical (unpaired) electrons. The molecule has 0 aliphatic carbocycles. The van der Waals surface area contributed by atoms with E-state index in [4.69, 9.17) is 0 Å². The summed E-state index contributed by atoms with van der Waals surface area (Å²) >= 11 is 12.1. The topological polar surface area (TPSA) is 120 Å². The Balaban J connectivity index is -0.000000351. The van der Waals surface area contributed by atoms with Gasteiger partial charge in [-0.2, -0.15) is 37.9 Å². The Morgan fingerprint density at radius 1 is 0.327 bits per heavy atom. The number of carboxylic acid groups (broad SMARTS) is 3. The van der Waals surface area contributed by atoms with E-state index in [1.807, 2.05) is 0 Å². The molecule has 0 bridgehead atoms. The fourth-order valence-electron chi connectivity index (χ4n) is 6.49. The summed E-state index contributed by atoms with van der Waals surface area (Å²) in [4.78, 5) is 32.0. The van der Waals surface area contributed by atoms with Gasteiger partial charge in [0.15, 0.2) is 0 Å². The van der Waals surface area contributed by atoms with Crippen LogP contribution < -0.4 is 15.3 Å². The maximum absolute atomic E-state index is 10.7. The monoisotopic (exact) mass is 940 g/mol. The zero-order chi connectivity index (χ0) is 40.9. The number of carbonyl (C=O) groups excluding carboxylic acids is 3. The number of hydrogen-bond donors (Lipinski definition) is 3. The number of carbonyl (C=O) groups is 3. The molecule has 0 fully saturated rings. The molecule has 0 aliphatic heterocycles. The third kappa shape index (κ3) is 50.4. The van der Waals surface area contributed by atoms with Crippen molar-refractivity contribution in [1.82, 2.24) is 0 Å². The van der Waals surface area contributed by atoms with Crippen molar-refractivity contribution in [2.45, 2.75) is 233 Å². The largest absolute Gasteiger partial charge is 3.00 e. The molecule has 0 rings (SSSR count). The van der Waals surface area contributed by atoms with Crippen LogP contribution in [0.2, 0.25) is 0 Å². The predicted octanol–water partition coefficient (Wildman–Crippen LogP) is 10.4. The Morgan fingerprint density at radius 3 is 0.600 bits per heavy atom. The summed E-state index contributed by atoms with van der Waals surface area (Å²) in [6, 6.07) is 0. The van der Waals surface area contributed by atoms with Crippen molar-refractivity contribution in [2.24, 2.45) is 17.8 Å². The van der Waals surface area contributed by atoms with Crippen LogP contribution in [0.4, 0.5) is 0 Å². The molecule has 10 heteroatoms. The van der Waals surface area contributed by atoms with Crippen molar-refractivity contribution < 1.29 is 29.7 Å². The maximum Gasteiger partial charge on any atom is 3.00 e. The SMILES string of the molecule is CCCCCCCCCCCCC(CS)C(=O)[O-].CCCCCCCCCCCCC(CS)C(=O)[O-].CCCCCCCCCCCCC(CS)C(=O)[O-].[Sb+3]. The van der Waals surface area contributed by atoms with Crippen LogP contribution in [-0.4, -0.2) is 59.6 Å². The molecule has 0 aromatic carbocycles. The van der Waals surface area contributed by atoms with E-state index >= 15 is 0 Å². The first-order valence-corrected chi connectivity index (χ1v) is 24.5. The summed E-state index contributed by atoms with van der Waals surface area (Å²) in [5.41, 5.74) is 0. The van der Waals surface area contributed by atoms with Crippen LogP contribution in [0.3, 0.4) is 0 Å². The van der Waals surface area contributed by atoms with Gasteiger partial charge in [-0.1, -0.05) is 213 Å². The Kier molecular flexibility index (Phi) is 58.9. The third-order valence-corrected chi connectivity index (χ3v) is 11.7. The quantitative estimate of drug-likeness (QED) is 0.0321. The molecule has 0 N–H and O–H groups in total. The molecule has 0 saturated carbocycles. The molecular formula is C45H87O6S3Sb. The van der Waals surface area contributed by atoms with Crippen molar-refractivity contribution in [3.05, 3.63) is 0 Å². The molecule has 0 aliphatic rings. The molecule has 6 nitrogen and oxygen atoms in total. The van der Waals surface area contributed by atoms with Crippen LogP contribution >= 0.6 is 37.9 Å². The van der Waals surface area contributed by atoms with E-state index in [1.54, 1.807) is 0 Å². The van der Waals surface area contributed by atoms with Gasteiger partial charge in [0.1, 0.15) is 0 Å². The van der Waals surface area contributed by atoms with E-state index in [1.165, 1.54) is 154 Å². The molecule has 0 aromatic rings. The van der Waals surface area contributed by atoms with Gasteiger partial charge in [0, 0.05) is 35.7 Å². The zero-order valence-corrected chi connectivity index (χ0v) is 41.2. The first kappa shape index (κ1) is 61.9. The number of hydrogen-bond acceptors (Lipinski definition) is 9. The fraction of sp³-hybridized carbons (Fsp3) is 0.933. The number of aliphatic carboxylic acids is 3. The number of carboxylic acids is 3. The van der Waals surface area contributed by atoms with E-state index in [2.05, 4.69) is 58.7 Å². The summed E-state index contributed by atoms with van der Waals surface area (Å²) < 4.78 is 0. The molecule has 326 valence electrons. The van der Waals surface area contributed by atoms with Crippen LogP contribution in [0.15, 0.2) is 0 Å². The normalized spacial score (nSPS) is 12.3. The summed E-state index contributed by atoms with van der Waals surface area (Å²) in [7, 11) is 0. The Bertz CT molecular complexity index is 692. The smallest absolute Gasteiger partial charge is 0.550 e. The van der Waals surface area contributed by atoms with Crippen LogP contribution in [0.25, 0.3) is 0 Å². The van der Waals surface area contributed by atoms with E-state index < -0.39 is 17.9 Å². The van der Waals surface area contributed by atoms with Gasteiger partial charge < -0.3 is 29.7 Å². The molecule has 3 atom stereocenters. The van der Waals surface area contributed by atoms with Gasteiger partial charge >= 0.3 is 24.4 Å². The summed E-state index contributed by atoms with van der Waals surface area (Å²) in [6.07, 6.45) is 40.6. The summed E-state index contributed by atoms with van der Waals surface area (Å²) in [6.45, 7) is 6.72. The Morgan fingerprint density at radius 2 is 0.473 bits per heavy atom. The fourth-order valence-corrected chi connectivity index (χ4v) is 7.48. The van der Waals surface area contributed by atoms with Gasteiger partial charge in [0.25, 0.3) is 0 Å². The second kappa shape index (κ2) is 52.3. The van der Waals surface area contributed by atoms with Crippen LogP contribution in [0, 0.1) is 17.8 Å². The van der Waals surface area contributed by atoms with Gasteiger partial charge in [-0.25, -0.2) is 0 Å². The predicted molar refractivity (Wildman–Crippen MR) is 242 cm³/mol.